The second-order valence-electron chi connectivity index (χ2n) is 4.55. The molecule has 0 aliphatic rings. The van der Waals surface area contributed by atoms with Crippen LogP contribution >= 0.6 is 27.5 Å². The van der Waals surface area contributed by atoms with Gasteiger partial charge in [-0.3, -0.25) is 0 Å². The first-order valence-corrected chi connectivity index (χ1v) is 7.18. The lowest BCUT2D eigenvalue weighted by atomic mass is 10.2. The van der Waals surface area contributed by atoms with Crippen LogP contribution in [0.3, 0.4) is 0 Å². The minimum Gasteiger partial charge on any atom is -0.381 e. The molecule has 0 amide bonds. The highest BCUT2D eigenvalue weighted by molar-refractivity contribution is 9.10. The van der Waals surface area contributed by atoms with Crippen molar-refractivity contribution in [2.75, 3.05) is 24.3 Å². The molecule has 0 spiro atoms. The first kappa shape index (κ1) is 14.2. The van der Waals surface area contributed by atoms with Crippen LogP contribution in [0.5, 0.6) is 0 Å². The lowest BCUT2D eigenvalue weighted by molar-refractivity contribution is 1.12. The van der Waals surface area contributed by atoms with E-state index in [9.17, 15) is 0 Å². The summed E-state index contributed by atoms with van der Waals surface area (Å²) in [7, 11) is 4.07. The van der Waals surface area contributed by atoms with Crippen molar-refractivity contribution < 1.29 is 0 Å². The second kappa shape index (κ2) is 6.31. The Bertz CT molecular complexity index is 570. The van der Waals surface area contributed by atoms with E-state index < -0.39 is 0 Å². The smallest absolute Gasteiger partial charge is 0.0551 e. The van der Waals surface area contributed by atoms with Crippen molar-refractivity contribution in [3.05, 3.63) is 57.5 Å². The molecule has 0 aromatic heterocycles. The summed E-state index contributed by atoms with van der Waals surface area (Å²) >= 11 is 9.47. The van der Waals surface area contributed by atoms with Crippen molar-refractivity contribution in [3.63, 3.8) is 0 Å². The van der Waals surface area contributed by atoms with Crippen LogP contribution in [0, 0.1) is 0 Å². The lowest BCUT2D eigenvalue weighted by Crippen LogP contribution is -2.09. The van der Waals surface area contributed by atoms with E-state index in [1.165, 1.54) is 5.69 Å². The van der Waals surface area contributed by atoms with Gasteiger partial charge in [-0.05, 0) is 51.8 Å². The van der Waals surface area contributed by atoms with Gasteiger partial charge < -0.3 is 10.2 Å². The minimum absolute atomic E-state index is 0.737. The molecule has 0 radical (unpaired) electrons. The van der Waals surface area contributed by atoms with Crippen LogP contribution in [0.4, 0.5) is 11.4 Å². The molecule has 4 heteroatoms. The van der Waals surface area contributed by atoms with Gasteiger partial charge in [0, 0.05) is 36.5 Å². The van der Waals surface area contributed by atoms with Crippen LogP contribution in [0.1, 0.15) is 5.56 Å². The molecule has 2 aromatic carbocycles. The standard InChI is InChI=1S/C15H16BrClN2/c1-19(2)13-5-3-4-12(9-13)18-10-11-6-7-14(16)15(17)8-11/h3-9,18H,10H2,1-2H3. The van der Waals surface area contributed by atoms with Gasteiger partial charge in [-0.2, -0.15) is 0 Å². The van der Waals surface area contributed by atoms with E-state index >= 15 is 0 Å². The molecular formula is C15H16BrClN2. The van der Waals surface area contributed by atoms with Crippen molar-refractivity contribution in [1.82, 2.24) is 0 Å². The van der Waals surface area contributed by atoms with Gasteiger partial charge in [0.25, 0.3) is 0 Å². The molecule has 1 N–H and O–H groups in total. The van der Waals surface area contributed by atoms with Gasteiger partial charge in [0.1, 0.15) is 0 Å². The monoisotopic (exact) mass is 338 g/mol. The summed E-state index contributed by atoms with van der Waals surface area (Å²) < 4.78 is 0.924. The van der Waals surface area contributed by atoms with E-state index in [1.54, 1.807) is 0 Å². The summed E-state index contributed by atoms with van der Waals surface area (Å²) in [6, 6.07) is 14.3. The maximum absolute atomic E-state index is 6.08. The Labute approximate surface area is 127 Å². The zero-order chi connectivity index (χ0) is 13.8. The summed E-state index contributed by atoms with van der Waals surface area (Å²) in [6.45, 7) is 0.754. The highest BCUT2D eigenvalue weighted by atomic mass is 79.9. The topological polar surface area (TPSA) is 15.3 Å². The quantitative estimate of drug-likeness (QED) is 0.862. The molecule has 0 heterocycles. The largest absolute Gasteiger partial charge is 0.381 e. The number of halogens is 2. The number of nitrogens with one attached hydrogen (secondary N) is 1. The van der Waals surface area contributed by atoms with Crippen LogP contribution in [0.2, 0.25) is 5.02 Å². The molecule has 0 aliphatic heterocycles. The van der Waals surface area contributed by atoms with Gasteiger partial charge in [0.05, 0.1) is 5.02 Å². The normalized spacial score (nSPS) is 10.3. The SMILES string of the molecule is CN(C)c1cccc(NCc2ccc(Br)c(Cl)c2)c1. The van der Waals surface area contributed by atoms with E-state index in [1.807, 2.05) is 32.3 Å². The van der Waals surface area contributed by atoms with Crippen LogP contribution < -0.4 is 10.2 Å². The van der Waals surface area contributed by atoms with Crippen LogP contribution in [0.15, 0.2) is 46.9 Å². The van der Waals surface area contributed by atoms with E-state index in [4.69, 9.17) is 11.6 Å². The molecule has 100 valence electrons. The molecule has 0 saturated heterocycles. The predicted octanol–water partition coefficient (Wildman–Crippen LogP) is 4.78. The molecule has 2 nitrogen and oxygen atoms in total. The molecule has 0 bridgehead atoms. The summed E-state index contributed by atoms with van der Waals surface area (Å²) in [5.74, 6) is 0. The number of hydrogen-bond donors (Lipinski definition) is 1. The molecule has 0 atom stereocenters. The Morgan fingerprint density at radius 2 is 1.95 bits per heavy atom. The summed E-state index contributed by atoms with van der Waals surface area (Å²) in [6.07, 6.45) is 0. The fraction of sp³-hybridized carbons (Fsp3) is 0.200. The number of hydrogen-bond acceptors (Lipinski definition) is 2. The summed E-state index contributed by atoms with van der Waals surface area (Å²) in [5.41, 5.74) is 3.44. The third-order valence-corrected chi connectivity index (χ3v) is 4.08. The third kappa shape index (κ3) is 3.88. The molecular weight excluding hydrogens is 324 g/mol. The van der Waals surface area contributed by atoms with Gasteiger partial charge >= 0.3 is 0 Å². The Morgan fingerprint density at radius 3 is 2.63 bits per heavy atom. The lowest BCUT2D eigenvalue weighted by Gasteiger charge is -2.14. The van der Waals surface area contributed by atoms with Crippen LogP contribution in [-0.2, 0) is 6.54 Å². The Hall–Kier alpha value is -1.19. The maximum Gasteiger partial charge on any atom is 0.0551 e. The number of nitrogens with zero attached hydrogens (tertiary/aromatic N) is 1. The van der Waals surface area contributed by atoms with E-state index in [2.05, 4.69) is 50.4 Å². The predicted molar refractivity (Wildman–Crippen MR) is 87.2 cm³/mol. The molecule has 19 heavy (non-hydrogen) atoms. The van der Waals surface area contributed by atoms with Crippen molar-refractivity contribution in [2.45, 2.75) is 6.54 Å². The fourth-order valence-electron chi connectivity index (χ4n) is 1.75. The summed E-state index contributed by atoms with van der Waals surface area (Å²) in [4.78, 5) is 2.08. The molecule has 0 fully saturated rings. The first-order chi connectivity index (χ1) is 9.06. The summed E-state index contributed by atoms with van der Waals surface area (Å²) in [5, 5.41) is 4.14. The van der Waals surface area contributed by atoms with Crippen LogP contribution in [0.25, 0.3) is 0 Å². The maximum atomic E-state index is 6.08. The average Bonchev–Trinajstić information content (AvgIpc) is 2.40. The zero-order valence-electron chi connectivity index (χ0n) is 11.0. The zero-order valence-corrected chi connectivity index (χ0v) is 13.3. The molecule has 2 rings (SSSR count). The fourth-order valence-corrected chi connectivity index (χ4v) is 2.20. The van der Waals surface area contributed by atoms with Gasteiger partial charge in [0.15, 0.2) is 0 Å². The minimum atomic E-state index is 0.737. The molecule has 2 aromatic rings. The van der Waals surface area contributed by atoms with E-state index in [0.29, 0.717) is 0 Å². The second-order valence-corrected chi connectivity index (χ2v) is 5.81. The highest BCUT2D eigenvalue weighted by Crippen LogP contribution is 2.24. The van der Waals surface area contributed by atoms with Gasteiger partial charge in [-0.15, -0.1) is 0 Å². The molecule has 0 aliphatic carbocycles. The van der Waals surface area contributed by atoms with Crippen molar-refractivity contribution >= 4 is 38.9 Å². The first-order valence-electron chi connectivity index (χ1n) is 6.01. The van der Waals surface area contributed by atoms with Gasteiger partial charge in [0.2, 0.25) is 0 Å². The third-order valence-electron chi connectivity index (χ3n) is 2.84. The highest BCUT2D eigenvalue weighted by Gasteiger charge is 2.00. The van der Waals surface area contributed by atoms with E-state index in [0.717, 1.165) is 27.3 Å². The van der Waals surface area contributed by atoms with Crippen LogP contribution in [-0.4, -0.2) is 14.1 Å². The van der Waals surface area contributed by atoms with Gasteiger partial charge in [-0.25, -0.2) is 0 Å². The van der Waals surface area contributed by atoms with Crippen molar-refractivity contribution in [3.8, 4) is 0 Å². The molecule has 0 unspecified atom stereocenters. The Morgan fingerprint density at radius 1 is 1.16 bits per heavy atom. The van der Waals surface area contributed by atoms with Gasteiger partial charge in [-0.1, -0.05) is 23.7 Å². The number of benzene rings is 2. The molecule has 0 saturated carbocycles. The Balaban J connectivity index is 2.05. The van der Waals surface area contributed by atoms with Crippen molar-refractivity contribution in [1.29, 1.82) is 0 Å². The number of rotatable bonds is 4. The number of anilines is 2. The Kier molecular flexibility index (Phi) is 4.72. The average molecular weight is 340 g/mol. The van der Waals surface area contributed by atoms with Crippen molar-refractivity contribution in [2.24, 2.45) is 0 Å². The van der Waals surface area contributed by atoms with E-state index in [-0.39, 0.29) is 0 Å².